The van der Waals surface area contributed by atoms with E-state index in [-0.39, 0.29) is 16.9 Å². The van der Waals surface area contributed by atoms with Crippen LogP contribution in [0.4, 0.5) is 10.5 Å². The van der Waals surface area contributed by atoms with E-state index in [9.17, 15) is 4.79 Å². The van der Waals surface area contributed by atoms with Crippen LogP contribution in [0.3, 0.4) is 0 Å². The minimum atomic E-state index is -0.444. The number of carbonyl (C=O) groups excluding carboxylic acids is 1. The van der Waals surface area contributed by atoms with Crippen molar-refractivity contribution in [2.45, 2.75) is 40.2 Å². The van der Waals surface area contributed by atoms with E-state index in [1.54, 1.807) is 0 Å². The van der Waals surface area contributed by atoms with Gasteiger partial charge in [0, 0.05) is 47.2 Å². The van der Waals surface area contributed by atoms with E-state index < -0.39 is 5.60 Å². The number of hydrogen-bond donors (Lipinski definition) is 0. The molecular weight excluding hydrogens is 368 g/mol. The largest absolute Gasteiger partial charge is 0.444 e. The van der Waals surface area contributed by atoms with Crippen molar-refractivity contribution in [3.8, 4) is 0 Å². The highest BCUT2D eigenvalue weighted by atomic mass is 79.9. The first-order valence-electron chi connectivity index (χ1n) is 8.50. The summed E-state index contributed by atoms with van der Waals surface area (Å²) in [5.74, 6) is 0. The van der Waals surface area contributed by atoms with Gasteiger partial charge in [-0.05, 0) is 45.0 Å². The van der Waals surface area contributed by atoms with Crippen molar-refractivity contribution in [3.05, 3.63) is 28.7 Å². The predicted octanol–water partition coefficient (Wildman–Crippen LogP) is 4.53. The Morgan fingerprint density at radius 2 is 1.54 bits per heavy atom. The van der Waals surface area contributed by atoms with Crippen LogP contribution >= 0.6 is 15.9 Å². The number of ether oxygens (including phenoxy) is 1. The van der Waals surface area contributed by atoms with Crippen molar-refractivity contribution < 1.29 is 9.53 Å². The maximum Gasteiger partial charge on any atom is 0.410 e. The zero-order valence-corrected chi connectivity index (χ0v) is 16.8. The second kappa shape index (κ2) is 5.65. The summed E-state index contributed by atoms with van der Waals surface area (Å²) < 4.78 is 6.67. The number of carbonyl (C=O) groups is 1. The second-order valence-electron chi connectivity index (χ2n) is 8.79. The fourth-order valence-corrected chi connectivity index (χ4v) is 4.21. The molecule has 0 saturated carbocycles. The summed E-state index contributed by atoms with van der Waals surface area (Å²) in [7, 11) is 0. The average Bonchev–Trinajstić information content (AvgIpc) is 2.83. The van der Waals surface area contributed by atoms with Crippen molar-refractivity contribution >= 4 is 27.7 Å². The Labute approximate surface area is 153 Å². The van der Waals surface area contributed by atoms with Crippen LogP contribution in [0, 0.1) is 10.8 Å². The molecule has 2 saturated heterocycles. The SMILES string of the molecule is CC(C)(C)OC(=O)N1C[C@@]2(C)CN(c3ccc(Br)cc3)C[C@@]2(C)C1. The molecule has 1 aromatic rings. The molecular formula is C19H27BrN2O2. The van der Waals surface area contributed by atoms with Gasteiger partial charge in [-0.3, -0.25) is 0 Å². The Balaban J connectivity index is 1.74. The number of amides is 1. The van der Waals surface area contributed by atoms with Gasteiger partial charge in [0.2, 0.25) is 0 Å². The van der Waals surface area contributed by atoms with Gasteiger partial charge < -0.3 is 14.5 Å². The highest BCUT2D eigenvalue weighted by molar-refractivity contribution is 9.10. The first-order valence-corrected chi connectivity index (χ1v) is 9.29. The monoisotopic (exact) mass is 394 g/mol. The number of anilines is 1. The number of hydrogen-bond acceptors (Lipinski definition) is 3. The van der Waals surface area contributed by atoms with Crippen molar-refractivity contribution in [1.29, 1.82) is 0 Å². The highest BCUT2D eigenvalue weighted by Crippen LogP contribution is 2.52. The molecule has 0 spiro atoms. The van der Waals surface area contributed by atoms with Crippen LogP contribution in [0.25, 0.3) is 0 Å². The molecule has 0 bridgehead atoms. The topological polar surface area (TPSA) is 32.8 Å². The fourth-order valence-electron chi connectivity index (χ4n) is 3.95. The normalized spacial score (nSPS) is 29.8. The van der Waals surface area contributed by atoms with E-state index in [1.165, 1.54) is 5.69 Å². The van der Waals surface area contributed by atoms with Gasteiger partial charge in [-0.15, -0.1) is 0 Å². The lowest BCUT2D eigenvalue weighted by Crippen LogP contribution is -2.39. The van der Waals surface area contributed by atoms with Crippen LogP contribution < -0.4 is 4.90 Å². The molecule has 2 aliphatic heterocycles. The Kier molecular flexibility index (Phi) is 4.14. The average molecular weight is 395 g/mol. The van der Waals surface area contributed by atoms with Crippen molar-refractivity contribution in [3.63, 3.8) is 0 Å². The summed E-state index contributed by atoms with van der Waals surface area (Å²) in [5.41, 5.74) is 0.965. The van der Waals surface area contributed by atoms with E-state index in [0.29, 0.717) is 0 Å². The molecule has 2 aliphatic rings. The minimum absolute atomic E-state index is 0.0803. The van der Waals surface area contributed by atoms with E-state index in [4.69, 9.17) is 4.74 Å². The maximum atomic E-state index is 12.5. The molecule has 2 fully saturated rings. The van der Waals surface area contributed by atoms with E-state index in [1.807, 2.05) is 25.7 Å². The number of benzene rings is 1. The highest BCUT2D eigenvalue weighted by Gasteiger charge is 2.59. The smallest absolute Gasteiger partial charge is 0.410 e. The second-order valence-corrected chi connectivity index (χ2v) is 9.71. The summed E-state index contributed by atoms with van der Waals surface area (Å²) in [4.78, 5) is 16.8. The van der Waals surface area contributed by atoms with Crippen molar-refractivity contribution in [2.75, 3.05) is 31.1 Å². The zero-order chi connectivity index (χ0) is 17.8. The summed E-state index contributed by atoms with van der Waals surface area (Å²) >= 11 is 3.49. The molecule has 4 nitrogen and oxygen atoms in total. The van der Waals surface area contributed by atoms with Crippen LogP contribution in [0.2, 0.25) is 0 Å². The molecule has 0 aliphatic carbocycles. The van der Waals surface area contributed by atoms with Crippen LogP contribution in [-0.2, 0) is 4.74 Å². The summed E-state index contributed by atoms with van der Waals surface area (Å²) in [6.07, 6.45) is -0.186. The third kappa shape index (κ3) is 3.15. The van der Waals surface area contributed by atoms with Gasteiger partial charge in [0.05, 0.1) is 0 Å². The van der Waals surface area contributed by atoms with Crippen LogP contribution in [0.5, 0.6) is 0 Å². The Hall–Kier alpha value is -1.23. The molecule has 1 amide bonds. The number of nitrogens with zero attached hydrogens (tertiary/aromatic N) is 2. The van der Waals surface area contributed by atoms with Gasteiger partial charge >= 0.3 is 6.09 Å². The lowest BCUT2D eigenvalue weighted by Gasteiger charge is -2.29. The molecule has 2 atom stereocenters. The van der Waals surface area contributed by atoms with Crippen LogP contribution in [-0.4, -0.2) is 42.8 Å². The lowest BCUT2D eigenvalue weighted by molar-refractivity contribution is 0.0269. The van der Waals surface area contributed by atoms with Gasteiger partial charge in [0.25, 0.3) is 0 Å². The first-order chi connectivity index (χ1) is 11.0. The maximum absolute atomic E-state index is 12.5. The summed E-state index contributed by atoms with van der Waals surface area (Å²) in [6.45, 7) is 13.8. The first kappa shape index (κ1) is 17.6. The third-order valence-electron chi connectivity index (χ3n) is 5.46. The molecule has 0 N–H and O–H groups in total. The van der Waals surface area contributed by atoms with Gasteiger partial charge in [-0.2, -0.15) is 0 Å². The number of rotatable bonds is 1. The molecule has 2 heterocycles. The quantitative estimate of drug-likeness (QED) is 0.700. The standard InChI is InChI=1S/C19H27BrN2O2/c1-17(2,3)24-16(23)22-12-18(4)10-21(11-19(18,5)13-22)15-8-6-14(20)7-9-15/h6-9H,10-13H2,1-5H3/t18-,19+. The molecule has 1 aromatic carbocycles. The van der Waals surface area contributed by atoms with Gasteiger partial charge in [-0.25, -0.2) is 4.79 Å². The van der Waals surface area contributed by atoms with Gasteiger partial charge in [0.15, 0.2) is 0 Å². The fraction of sp³-hybridized carbons (Fsp3) is 0.632. The summed E-state index contributed by atoms with van der Waals surface area (Å²) in [5, 5.41) is 0. The number of likely N-dealkylation sites (tertiary alicyclic amines) is 1. The lowest BCUT2D eigenvalue weighted by atomic mass is 9.71. The van der Waals surface area contributed by atoms with Crippen LogP contribution in [0.1, 0.15) is 34.6 Å². The molecule has 24 heavy (non-hydrogen) atoms. The van der Waals surface area contributed by atoms with Crippen molar-refractivity contribution in [1.82, 2.24) is 4.90 Å². The number of halogens is 1. The summed E-state index contributed by atoms with van der Waals surface area (Å²) in [6, 6.07) is 8.48. The molecule has 0 unspecified atom stereocenters. The van der Waals surface area contributed by atoms with Crippen LogP contribution in [0.15, 0.2) is 28.7 Å². The number of fused-ring (bicyclic) bond motifs is 1. The minimum Gasteiger partial charge on any atom is -0.444 e. The molecule has 0 radical (unpaired) electrons. The Morgan fingerprint density at radius 3 is 2.00 bits per heavy atom. The Morgan fingerprint density at radius 1 is 1.04 bits per heavy atom. The third-order valence-corrected chi connectivity index (χ3v) is 5.99. The molecule has 132 valence electrons. The predicted molar refractivity (Wildman–Crippen MR) is 100 cm³/mol. The Bertz CT molecular complexity index is 620. The van der Waals surface area contributed by atoms with E-state index in [2.05, 4.69) is 58.9 Å². The van der Waals surface area contributed by atoms with E-state index >= 15 is 0 Å². The van der Waals surface area contributed by atoms with Gasteiger partial charge in [-0.1, -0.05) is 29.8 Å². The van der Waals surface area contributed by atoms with Crippen molar-refractivity contribution in [2.24, 2.45) is 10.8 Å². The van der Waals surface area contributed by atoms with E-state index in [0.717, 1.165) is 30.7 Å². The zero-order valence-electron chi connectivity index (χ0n) is 15.2. The molecule has 0 aromatic heterocycles. The molecule has 5 heteroatoms. The van der Waals surface area contributed by atoms with Gasteiger partial charge in [0.1, 0.15) is 5.60 Å². The molecule has 3 rings (SSSR count).